The number of hydrogen-bond acceptors (Lipinski definition) is 3. The van der Waals surface area contributed by atoms with Crippen LogP contribution in [0.3, 0.4) is 0 Å². The van der Waals surface area contributed by atoms with Gasteiger partial charge < -0.3 is 5.32 Å². The number of benzene rings is 1. The van der Waals surface area contributed by atoms with Crippen molar-refractivity contribution in [3.05, 3.63) is 34.9 Å². The fourth-order valence-electron chi connectivity index (χ4n) is 3.34. The highest BCUT2D eigenvalue weighted by Gasteiger charge is 2.27. The molecule has 1 aromatic carbocycles. The van der Waals surface area contributed by atoms with Gasteiger partial charge in [-0.15, -0.1) is 0 Å². The van der Waals surface area contributed by atoms with Gasteiger partial charge in [0.05, 0.1) is 5.75 Å². The van der Waals surface area contributed by atoms with Gasteiger partial charge in [0.25, 0.3) is 0 Å². The summed E-state index contributed by atoms with van der Waals surface area (Å²) in [5.41, 5.74) is 3.67. The number of carbonyl (C=O) groups is 1. The average molecular weight is 367 g/mol. The first-order valence-electron chi connectivity index (χ1n) is 9.15. The van der Waals surface area contributed by atoms with E-state index in [-0.39, 0.29) is 17.7 Å². The Hall–Kier alpha value is -1.40. The molecule has 0 bridgehead atoms. The second-order valence-electron chi connectivity index (χ2n) is 6.99. The van der Waals surface area contributed by atoms with Crippen LogP contribution in [0.4, 0.5) is 0 Å². The first-order chi connectivity index (χ1) is 11.8. The predicted octanol–water partition coefficient (Wildman–Crippen LogP) is 2.56. The zero-order valence-electron chi connectivity index (χ0n) is 15.5. The van der Waals surface area contributed by atoms with Gasteiger partial charge in [-0.3, -0.25) is 4.79 Å². The maximum absolute atomic E-state index is 12.2. The van der Waals surface area contributed by atoms with Crippen LogP contribution in [0.2, 0.25) is 0 Å². The molecule has 140 valence electrons. The highest BCUT2D eigenvalue weighted by Crippen LogP contribution is 2.16. The van der Waals surface area contributed by atoms with Gasteiger partial charge >= 0.3 is 0 Å². The molecule has 2 rings (SSSR count). The largest absolute Gasteiger partial charge is 0.353 e. The quantitative estimate of drug-likeness (QED) is 0.806. The minimum atomic E-state index is -3.12. The molecule has 1 heterocycles. The van der Waals surface area contributed by atoms with Gasteiger partial charge in [0.15, 0.2) is 0 Å². The monoisotopic (exact) mass is 366 g/mol. The van der Waals surface area contributed by atoms with Crippen molar-refractivity contribution in [2.24, 2.45) is 0 Å². The fraction of sp³-hybridized carbons (Fsp3) is 0.632. The summed E-state index contributed by atoms with van der Waals surface area (Å²) in [6, 6.07) is 6.39. The summed E-state index contributed by atoms with van der Waals surface area (Å²) in [5.74, 6) is 0.259. The van der Waals surface area contributed by atoms with Crippen LogP contribution in [0.15, 0.2) is 18.2 Å². The molecule has 1 saturated heterocycles. The lowest BCUT2D eigenvalue weighted by Gasteiger charge is -2.31. The van der Waals surface area contributed by atoms with E-state index in [2.05, 4.69) is 37.4 Å². The Labute approximate surface area is 151 Å². The zero-order chi connectivity index (χ0) is 18.4. The molecule has 0 atom stereocenters. The summed E-state index contributed by atoms with van der Waals surface area (Å²) in [7, 11) is -3.12. The summed E-state index contributed by atoms with van der Waals surface area (Å²) in [6.07, 6.45) is 3.23. The molecule has 0 aliphatic carbocycles. The van der Waals surface area contributed by atoms with Crippen LogP contribution in [-0.4, -0.2) is 43.5 Å². The Morgan fingerprint density at radius 1 is 1.24 bits per heavy atom. The maximum Gasteiger partial charge on any atom is 0.220 e. The van der Waals surface area contributed by atoms with Crippen molar-refractivity contribution >= 4 is 15.9 Å². The van der Waals surface area contributed by atoms with E-state index in [4.69, 9.17) is 0 Å². The van der Waals surface area contributed by atoms with Crippen molar-refractivity contribution in [2.75, 3.05) is 18.8 Å². The number of hydrogen-bond donors (Lipinski definition) is 1. The van der Waals surface area contributed by atoms with E-state index in [1.165, 1.54) is 16.7 Å². The minimum absolute atomic E-state index is 0.0508. The third kappa shape index (κ3) is 5.82. The van der Waals surface area contributed by atoms with Crippen molar-refractivity contribution < 1.29 is 13.2 Å². The van der Waals surface area contributed by atoms with Crippen molar-refractivity contribution in [3.63, 3.8) is 0 Å². The van der Waals surface area contributed by atoms with Gasteiger partial charge in [-0.1, -0.05) is 30.7 Å². The smallest absolute Gasteiger partial charge is 0.220 e. The van der Waals surface area contributed by atoms with Crippen molar-refractivity contribution in [3.8, 4) is 0 Å². The summed E-state index contributed by atoms with van der Waals surface area (Å²) in [6.45, 7) is 7.03. The molecule has 1 amide bonds. The van der Waals surface area contributed by atoms with E-state index in [0.29, 0.717) is 38.8 Å². The number of nitrogens with zero attached hydrogens (tertiary/aromatic N) is 1. The van der Waals surface area contributed by atoms with Crippen LogP contribution in [-0.2, 0) is 21.2 Å². The number of rotatable bonds is 7. The average Bonchev–Trinajstić information content (AvgIpc) is 2.54. The molecule has 0 aromatic heterocycles. The van der Waals surface area contributed by atoms with E-state index in [0.717, 1.165) is 6.42 Å². The van der Waals surface area contributed by atoms with E-state index in [1.807, 2.05) is 6.92 Å². The minimum Gasteiger partial charge on any atom is -0.353 e. The van der Waals surface area contributed by atoms with E-state index >= 15 is 0 Å². The zero-order valence-corrected chi connectivity index (χ0v) is 16.4. The molecule has 0 radical (unpaired) electrons. The number of aryl methyl sites for hydroxylation is 3. The molecule has 1 aliphatic heterocycles. The topological polar surface area (TPSA) is 66.5 Å². The molecule has 6 heteroatoms. The molecule has 1 fully saturated rings. The van der Waals surface area contributed by atoms with Crippen LogP contribution in [0.1, 0.15) is 49.3 Å². The number of carbonyl (C=O) groups excluding carboxylic acids is 1. The first-order valence-corrected chi connectivity index (χ1v) is 10.8. The first kappa shape index (κ1) is 19.9. The van der Waals surface area contributed by atoms with Crippen LogP contribution >= 0.6 is 0 Å². The van der Waals surface area contributed by atoms with Gasteiger partial charge in [-0.25, -0.2) is 12.7 Å². The molecule has 0 unspecified atom stereocenters. The van der Waals surface area contributed by atoms with Crippen LogP contribution in [0.25, 0.3) is 0 Å². The fourth-order valence-corrected chi connectivity index (χ4v) is 4.88. The second kappa shape index (κ2) is 8.81. The van der Waals surface area contributed by atoms with E-state index < -0.39 is 10.0 Å². The third-order valence-electron chi connectivity index (χ3n) is 4.79. The number of piperidine rings is 1. The van der Waals surface area contributed by atoms with Crippen LogP contribution in [0.5, 0.6) is 0 Å². The van der Waals surface area contributed by atoms with Crippen molar-refractivity contribution in [2.45, 2.75) is 58.9 Å². The lowest BCUT2D eigenvalue weighted by atomic mass is 10.0. The third-order valence-corrected chi connectivity index (χ3v) is 6.87. The number of nitrogens with one attached hydrogen (secondary N) is 1. The summed E-state index contributed by atoms with van der Waals surface area (Å²) in [4.78, 5) is 12.2. The normalized spacial score (nSPS) is 16.8. The van der Waals surface area contributed by atoms with Gasteiger partial charge in [-0.2, -0.15) is 0 Å². The molecule has 1 N–H and O–H groups in total. The Balaban J connectivity index is 1.77. The van der Waals surface area contributed by atoms with Crippen LogP contribution < -0.4 is 5.32 Å². The Morgan fingerprint density at radius 2 is 1.92 bits per heavy atom. The highest BCUT2D eigenvalue weighted by molar-refractivity contribution is 7.89. The van der Waals surface area contributed by atoms with E-state index in [1.54, 1.807) is 4.31 Å². The number of sulfonamides is 1. The standard InChI is InChI=1S/C19H30N2O3S/c1-4-13-25(23,24)21-11-9-18(10-12-21)20-19(22)8-7-17-6-5-15(2)14-16(17)3/h5-6,14,18H,4,7-13H2,1-3H3,(H,20,22). The molecule has 0 spiro atoms. The maximum atomic E-state index is 12.2. The Bertz CT molecular complexity index is 693. The Kier molecular flexibility index (Phi) is 7.02. The van der Waals surface area contributed by atoms with Gasteiger partial charge in [0.2, 0.25) is 15.9 Å². The molecular formula is C19H30N2O3S. The van der Waals surface area contributed by atoms with Gasteiger partial charge in [0, 0.05) is 25.6 Å². The predicted molar refractivity (Wildman–Crippen MR) is 101 cm³/mol. The number of amides is 1. The highest BCUT2D eigenvalue weighted by atomic mass is 32.2. The molecule has 1 aromatic rings. The van der Waals surface area contributed by atoms with Gasteiger partial charge in [0.1, 0.15) is 0 Å². The molecular weight excluding hydrogens is 336 g/mol. The summed E-state index contributed by atoms with van der Waals surface area (Å²) in [5, 5.41) is 3.06. The summed E-state index contributed by atoms with van der Waals surface area (Å²) >= 11 is 0. The second-order valence-corrected chi connectivity index (χ2v) is 9.08. The Morgan fingerprint density at radius 3 is 2.52 bits per heavy atom. The van der Waals surface area contributed by atoms with Crippen molar-refractivity contribution in [1.29, 1.82) is 0 Å². The lowest BCUT2D eigenvalue weighted by Crippen LogP contribution is -2.47. The van der Waals surface area contributed by atoms with E-state index in [9.17, 15) is 13.2 Å². The molecule has 0 saturated carbocycles. The van der Waals surface area contributed by atoms with Crippen LogP contribution in [0, 0.1) is 13.8 Å². The molecule has 1 aliphatic rings. The summed E-state index contributed by atoms with van der Waals surface area (Å²) < 4.78 is 25.7. The lowest BCUT2D eigenvalue weighted by molar-refractivity contribution is -0.122. The van der Waals surface area contributed by atoms with Gasteiger partial charge in [-0.05, 0) is 50.7 Å². The van der Waals surface area contributed by atoms with Crippen molar-refractivity contribution in [1.82, 2.24) is 9.62 Å². The molecule has 25 heavy (non-hydrogen) atoms. The SMILES string of the molecule is CCCS(=O)(=O)N1CCC(NC(=O)CCc2ccc(C)cc2C)CC1. The molecule has 5 nitrogen and oxygen atoms in total.